The SMILES string of the molecule is O[C@@H]1C=Cc2c(ccc3cc4c5c(ccc4cc23)[C@H](O)[C@@H](O)C=C5)[C@H]1O. The summed E-state index contributed by atoms with van der Waals surface area (Å²) >= 11 is 0. The monoisotopic (exact) mass is 346 g/mol. The van der Waals surface area contributed by atoms with E-state index in [9.17, 15) is 20.4 Å². The van der Waals surface area contributed by atoms with E-state index < -0.39 is 24.4 Å². The van der Waals surface area contributed by atoms with Crippen LogP contribution < -0.4 is 0 Å². The van der Waals surface area contributed by atoms with Gasteiger partial charge in [0.05, 0.1) is 0 Å². The maximum atomic E-state index is 10.3. The smallest absolute Gasteiger partial charge is 0.109 e. The molecule has 0 aliphatic heterocycles. The lowest BCUT2D eigenvalue weighted by molar-refractivity contribution is 0.0471. The predicted molar refractivity (Wildman–Crippen MR) is 101 cm³/mol. The van der Waals surface area contributed by atoms with Crippen molar-refractivity contribution in [1.82, 2.24) is 0 Å². The first-order valence-electron chi connectivity index (χ1n) is 8.66. The number of aliphatic hydroxyl groups is 4. The van der Waals surface area contributed by atoms with Gasteiger partial charge in [0, 0.05) is 0 Å². The summed E-state index contributed by atoms with van der Waals surface area (Å²) in [5.74, 6) is 0. The standard InChI is InChI=1S/C22H18O4/c23-19-7-5-13-15(21(19)25)3-1-11-9-18-12(10-17(11)13)2-4-16-14(18)6-8-20(24)22(16)26/h1-10,19-26H/t19-,20+,21-,22+. The second kappa shape index (κ2) is 5.50. The minimum atomic E-state index is -0.918. The Balaban J connectivity index is 1.81. The largest absolute Gasteiger partial charge is 0.386 e. The van der Waals surface area contributed by atoms with Crippen molar-refractivity contribution in [2.75, 3.05) is 0 Å². The molecule has 3 aromatic rings. The van der Waals surface area contributed by atoms with E-state index in [1.807, 2.05) is 36.4 Å². The molecule has 3 aromatic carbocycles. The Bertz CT molecular complexity index is 1020. The van der Waals surface area contributed by atoms with Gasteiger partial charge in [-0.3, -0.25) is 0 Å². The summed E-state index contributed by atoms with van der Waals surface area (Å²) in [7, 11) is 0. The van der Waals surface area contributed by atoms with Crippen molar-refractivity contribution in [3.8, 4) is 0 Å². The highest BCUT2D eigenvalue weighted by molar-refractivity contribution is 6.05. The Morgan fingerprint density at radius 2 is 1.00 bits per heavy atom. The summed E-state index contributed by atoms with van der Waals surface area (Å²) in [4.78, 5) is 0. The van der Waals surface area contributed by atoms with Crippen molar-refractivity contribution in [3.63, 3.8) is 0 Å². The van der Waals surface area contributed by atoms with Gasteiger partial charge in [-0.15, -0.1) is 0 Å². The lowest BCUT2D eigenvalue weighted by atomic mass is 9.85. The number of aliphatic hydroxyl groups excluding tert-OH is 4. The molecule has 0 spiro atoms. The lowest BCUT2D eigenvalue weighted by Crippen LogP contribution is -2.19. The molecule has 4 heteroatoms. The van der Waals surface area contributed by atoms with Crippen LogP contribution in [0.15, 0.2) is 48.6 Å². The van der Waals surface area contributed by atoms with E-state index in [0.717, 1.165) is 43.8 Å². The molecule has 4 N–H and O–H groups in total. The molecule has 0 heterocycles. The molecule has 5 rings (SSSR count). The van der Waals surface area contributed by atoms with Gasteiger partial charge in [-0.25, -0.2) is 0 Å². The third-order valence-corrected chi connectivity index (χ3v) is 5.51. The Labute approximate surface area is 150 Å². The van der Waals surface area contributed by atoms with Crippen LogP contribution >= 0.6 is 0 Å². The molecule has 0 fully saturated rings. The van der Waals surface area contributed by atoms with Gasteiger partial charge in [0.25, 0.3) is 0 Å². The van der Waals surface area contributed by atoms with Crippen molar-refractivity contribution in [1.29, 1.82) is 0 Å². The first kappa shape index (κ1) is 15.7. The molecular formula is C22H18O4. The van der Waals surface area contributed by atoms with E-state index in [4.69, 9.17) is 0 Å². The first-order chi connectivity index (χ1) is 12.5. The fourth-order valence-electron chi connectivity index (χ4n) is 4.08. The molecule has 130 valence electrons. The average Bonchev–Trinajstić information content (AvgIpc) is 2.65. The van der Waals surface area contributed by atoms with Crippen LogP contribution in [0.5, 0.6) is 0 Å². The Morgan fingerprint density at radius 3 is 1.42 bits per heavy atom. The third kappa shape index (κ3) is 2.11. The normalized spacial score (nSPS) is 26.9. The van der Waals surface area contributed by atoms with Crippen molar-refractivity contribution in [2.24, 2.45) is 0 Å². The minimum absolute atomic E-state index is 0.725. The maximum absolute atomic E-state index is 10.3. The zero-order chi connectivity index (χ0) is 18.0. The zero-order valence-corrected chi connectivity index (χ0v) is 13.9. The van der Waals surface area contributed by atoms with Gasteiger partial charge in [0.1, 0.15) is 24.4 Å². The number of benzene rings is 3. The highest BCUT2D eigenvalue weighted by Crippen LogP contribution is 2.38. The summed E-state index contributed by atoms with van der Waals surface area (Å²) in [6, 6.07) is 11.7. The van der Waals surface area contributed by atoms with Gasteiger partial charge >= 0.3 is 0 Å². The number of rotatable bonds is 0. The van der Waals surface area contributed by atoms with Gasteiger partial charge in [-0.1, -0.05) is 48.6 Å². The van der Waals surface area contributed by atoms with Crippen LogP contribution in [0.3, 0.4) is 0 Å². The molecule has 0 saturated heterocycles. The molecular weight excluding hydrogens is 328 g/mol. The topological polar surface area (TPSA) is 80.9 Å². The molecule has 0 saturated carbocycles. The fourth-order valence-corrected chi connectivity index (χ4v) is 4.08. The van der Waals surface area contributed by atoms with Gasteiger partial charge in [0.15, 0.2) is 0 Å². The second-order valence-corrected chi connectivity index (χ2v) is 7.02. The lowest BCUT2D eigenvalue weighted by Gasteiger charge is -2.24. The molecule has 0 unspecified atom stereocenters. The maximum Gasteiger partial charge on any atom is 0.109 e. The quantitative estimate of drug-likeness (QED) is 0.472. The average molecular weight is 346 g/mol. The van der Waals surface area contributed by atoms with E-state index in [1.54, 1.807) is 12.2 Å². The second-order valence-electron chi connectivity index (χ2n) is 7.02. The Hall–Kier alpha value is -2.50. The first-order valence-corrected chi connectivity index (χ1v) is 8.66. The summed E-state index contributed by atoms with van der Waals surface area (Å²) in [6.45, 7) is 0. The van der Waals surface area contributed by atoms with Crippen LogP contribution in [0.4, 0.5) is 0 Å². The van der Waals surface area contributed by atoms with Crippen LogP contribution in [0.1, 0.15) is 34.5 Å². The van der Waals surface area contributed by atoms with E-state index >= 15 is 0 Å². The van der Waals surface area contributed by atoms with Crippen molar-refractivity contribution >= 4 is 33.7 Å². The summed E-state index contributed by atoms with van der Waals surface area (Å²) in [5, 5.41) is 44.3. The van der Waals surface area contributed by atoms with Crippen molar-refractivity contribution < 1.29 is 20.4 Å². The molecule has 0 bridgehead atoms. The molecule has 4 nitrogen and oxygen atoms in total. The van der Waals surface area contributed by atoms with Crippen LogP contribution in [0, 0.1) is 0 Å². The third-order valence-electron chi connectivity index (χ3n) is 5.51. The highest BCUT2D eigenvalue weighted by Gasteiger charge is 2.25. The van der Waals surface area contributed by atoms with Crippen molar-refractivity contribution in [3.05, 3.63) is 70.8 Å². The van der Waals surface area contributed by atoms with Crippen LogP contribution in [-0.4, -0.2) is 32.6 Å². The minimum Gasteiger partial charge on any atom is -0.386 e. The molecule has 0 radical (unpaired) electrons. The molecule has 0 amide bonds. The fraction of sp³-hybridized carbons (Fsp3) is 0.182. The number of hydrogen-bond acceptors (Lipinski definition) is 4. The van der Waals surface area contributed by atoms with E-state index in [-0.39, 0.29) is 0 Å². The Kier molecular flexibility index (Phi) is 3.33. The Morgan fingerprint density at radius 1 is 0.577 bits per heavy atom. The molecule has 26 heavy (non-hydrogen) atoms. The molecule has 2 aliphatic rings. The zero-order valence-electron chi connectivity index (χ0n) is 13.9. The molecule has 2 aliphatic carbocycles. The van der Waals surface area contributed by atoms with Crippen molar-refractivity contribution in [2.45, 2.75) is 24.4 Å². The molecule has 0 aromatic heterocycles. The number of fused-ring (bicyclic) bond motifs is 6. The summed E-state index contributed by atoms with van der Waals surface area (Å²) in [5.41, 5.74) is 3.29. The van der Waals surface area contributed by atoms with Crippen LogP contribution in [0.2, 0.25) is 0 Å². The highest BCUT2D eigenvalue weighted by atomic mass is 16.3. The van der Waals surface area contributed by atoms with E-state index in [0.29, 0.717) is 0 Å². The summed E-state index contributed by atoms with van der Waals surface area (Å²) < 4.78 is 0. The number of hydrogen-bond donors (Lipinski definition) is 4. The van der Waals surface area contributed by atoms with E-state index in [1.165, 1.54) is 0 Å². The van der Waals surface area contributed by atoms with Crippen LogP contribution in [-0.2, 0) is 0 Å². The molecule has 4 atom stereocenters. The van der Waals surface area contributed by atoms with E-state index in [2.05, 4.69) is 12.1 Å². The van der Waals surface area contributed by atoms with Gasteiger partial charge < -0.3 is 20.4 Å². The predicted octanol–water partition coefficient (Wildman–Crippen LogP) is 2.84. The summed E-state index contributed by atoms with van der Waals surface area (Å²) in [6.07, 6.45) is 3.35. The van der Waals surface area contributed by atoms with Gasteiger partial charge in [-0.05, 0) is 55.9 Å². The van der Waals surface area contributed by atoms with Gasteiger partial charge in [-0.2, -0.15) is 0 Å². The van der Waals surface area contributed by atoms with Crippen LogP contribution in [0.25, 0.3) is 33.7 Å². The van der Waals surface area contributed by atoms with Gasteiger partial charge in [0.2, 0.25) is 0 Å².